The maximum Gasteiger partial charge on any atom is 0.338 e. The van der Waals surface area contributed by atoms with Crippen molar-refractivity contribution in [1.29, 1.82) is 0 Å². The van der Waals surface area contributed by atoms with Gasteiger partial charge in [0.15, 0.2) is 0 Å². The molecule has 0 unspecified atom stereocenters. The second-order valence-electron chi connectivity index (χ2n) is 6.98. The maximum absolute atomic E-state index is 12.2. The fourth-order valence-corrected chi connectivity index (χ4v) is 10.4. The molecule has 1 aromatic rings. The predicted molar refractivity (Wildman–Crippen MR) is 110 cm³/mol. The molecule has 0 aromatic heterocycles. The molecule has 0 saturated carbocycles. The second-order valence-corrected chi connectivity index (χ2v) is 13.8. The molecule has 0 fully saturated rings. The largest absolute Gasteiger partial charge is 0.543 e. The molecule has 0 saturated heterocycles. The minimum absolute atomic E-state index is 0.346. The number of halogens is 2. The minimum Gasteiger partial charge on any atom is -0.543 e. The molecule has 0 atom stereocenters. The minimum atomic E-state index is -2.07. The molecule has 0 N–H and O–H groups in total. The monoisotopic (exact) mass is 478 g/mol. The molecule has 0 radical (unpaired) electrons. The van der Waals surface area contributed by atoms with Gasteiger partial charge in [0.2, 0.25) is 0 Å². The Kier molecular flexibility index (Phi) is 8.01. The van der Waals surface area contributed by atoms with Crippen LogP contribution >= 0.6 is 31.9 Å². The van der Waals surface area contributed by atoms with Crippen molar-refractivity contribution in [3.63, 3.8) is 0 Å². The molecule has 0 aliphatic carbocycles. The van der Waals surface area contributed by atoms with E-state index in [9.17, 15) is 4.79 Å². The van der Waals surface area contributed by atoms with Crippen LogP contribution in [-0.4, -0.2) is 21.4 Å². The zero-order chi connectivity index (χ0) is 18.7. The van der Waals surface area contributed by atoms with Crippen LogP contribution in [0.2, 0.25) is 16.6 Å². The van der Waals surface area contributed by atoms with Crippen molar-refractivity contribution in [3.05, 3.63) is 27.7 Å². The highest BCUT2D eigenvalue weighted by molar-refractivity contribution is 9.10. The van der Waals surface area contributed by atoms with Gasteiger partial charge in [0, 0.05) is 9.80 Å². The number of carbonyl (C=O) groups excluding carboxylic acids is 1. The number of hydrogen-bond donors (Lipinski definition) is 0. The van der Waals surface area contributed by atoms with Crippen LogP contribution in [0.1, 0.15) is 57.5 Å². The quantitative estimate of drug-likeness (QED) is 0.248. The lowest BCUT2D eigenvalue weighted by molar-refractivity contribution is 0.0599. The first-order valence-electron chi connectivity index (χ1n) is 8.27. The number of carbonyl (C=O) groups is 1. The van der Waals surface area contributed by atoms with Gasteiger partial charge in [-0.25, -0.2) is 4.79 Å². The fraction of sp³-hybridized carbons (Fsp3) is 0.611. The summed E-state index contributed by atoms with van der Waals surface area (Å²) in [6.45, 7) is 13.5. The van der Waals surface area contributed by atoms with Crippen molar-refractivity contribution in [2.75, 3.05) is 7.11 Å². The Morgan fingerprint density at radius 3 is 1.96 bits per heavy atom. The van der Waals surface area contributed by atoms with E-state index in [4.69, 9.17) is 9.16 Å². The number of methoxy groups -OCH3 is 1. The van der Waals surface area contributed by atoms with Gasteiger partial charge < -0.3 is 9.16 Å². The predicted octanol–water partition coefficient (Wildman–Crippen LogP) is 6.68. The summed E-state index contributed by atoms with van der Waals surface area (Å²) in [6.07, 6.45) is 0. The highest BCUT2D eigenvalue weighted by Crippen LogP contribution is 2.43. The van der Waals surface area contributed by atoms with Crippen molar-refractivity contribution in [2.24, 2.45) is 0 Å². The first-order valence-corrected chi connectivity index (χ1v) is 12.3. The lowest BCUT2D eigenvalue weighted by Crippen LogP contribution is -2.50. The number of rotatable bonds is 7. The number of esters is 1. The van der Waals surface area contributed by atoms with Gasteiger partial charge in [-0.05, 0) is 34.3 Å². The highest BCUT2D eigenvalue weighted by Gasteiger charge is 2.47. The van der Waals surface area contributed by atoms with E-state index in [1.807, 2.05) is 12.1 Å². The zero-order valence-electron chi connectivity index (χ0n) is 15.6. The number of alkyl halides is 1. The van der Waals surface area contributed by atoms with E-state index in [-0.39, 0.29) is 5.97 Å². The fourth-order valence-electron chi connectivity index (χ4n) is 3.66. The molecule has 1 aromatic carbocycles. The van der Waals surface area contributed by atoms with E-state index in [1.54, 1.807) is 0 Å². The summed E-state index contributed by atoms with van der Waals surface area (Å²) in [5, 5.41) is 0.569. The molecule has 6 heteroatoms. The Morgan fingerprint density at radius 1 is 1.08 bits per heavy atom. The second kappa shape index (κ2) is 8.85. The van der Waals surface area contributed by atoms with Crippen LogP contribution in [0.25, 0.3) is 0 Å². The molecule has 0 spiro atoms. The summed E-state index contributed by atoms with van der Waals surface area (Å²) in [4.78, 5) is 12.2. The molecule has 0 amide bonds. The lowest BCUT2D eigenvalue weighted by atomic mass is 10.1. The highest BCUT2D eigenvalue weighted by atomic mass is 79.9. The molecule has 0 heterocycles. The first-order chi connectivity index (χ1) is 11.1. The van der Waals surface area contributed by atoms with E-state index in [0.29, 0.717) is 27.5 Å². The Bertz CT molecular complexity index is 564. The van der Waals surface area contributed by atoms with Crippen LogP contribution in [-0.2, 0) is 10.1 Å². The Morgan fingerprint density at radius 2 is 1.58 bits per heavy atom. The molecule has 1 rings (SSSR count). The van der Waals surface area contributed by atoms with Crippen molar-refractivity contribution < 1.29 is 14.0 Å². The van der Waals surface area contributed by atoms with Crippen LogP contribution in [0.15, 0.2) is 16.6 Å². The standard InChI is InChI=1S/C18H28Br2O3Si/c1-11(2)24(12(3)4,13(5)6)23-14-8-15(18(21)22-7)16(10-19)17(20)9-14/h8-9,11-13H,10H2,1-7H3. The van der Waals surface area contributed by atoms with Gasteiger partial charge in [0.1, 0.15) is 5.75 Å². The molecule has 24 heavy (non-hydrogen) atoms. The Hall–Kier alpha value is -0.333. The Labute approximate surface area is 163 Å². The van der Waals surface area contributed by atoms with E-state index in [0.717, 1.165) is 15.8 Å². The zero-order valence-corrected chi connectivity index (χ0v) is 19.7. The van der Waals surface area contributed by atoms with Crippen LogP contribution in [0.5, 0.6) is 5.75 Å². The maximum atomic E-state index is 12.2. The van der Waals surface area contributed by atoms with Crippen LogP contribution in [0.4, 0.5) is 0 Å². The van der Waals surface area contributed by atoms with Gasteiger partial charge in [0.05, 0.1) is 12.7 Å². The smallest absolute Gasteiger partial charge is 0.338 e. The van der Waals surface area contributed by atoms with Crippen molar-refractivity contribution in [3.8, 4) is 5.75 Å². The van der Waals surface area contributed by atoms with Crippen molar-refractivity contribution in [1.82, 2.24) is 0 Å². The summed E-state index contributed by atoms with van der Waals surface area (Å²) in [5.41, 5.74) is 2.81. The molecule has 0 bridgehead atoms. The molecular weight excluding hydrogens is 452 g/mol. The summed E-state index contributed by atoms with van der Waals surface area (Å²) in [7, 11) is -0.672. The van der Waals surface area contributed by atoms with Crippen molar-refractivity contribution >= 4 is 46.1 Å². The number of benzene rings is 1. The van der Waals surface area contributed by atoms with E-state index in [2.05, 4.69) is 73.4 Å². The third-order valence-corrected chi connectivity index (χ3v) is 12.0. The molecule has 3 nitrogen and oxygen atoms in total. The third-order valence-electron chi connectivity index (χ3n) is 4.71. The normalized spacial score (nSPS) is 12.2. The summed E-state index contributed by atoms with van der Waals surface area (Å²) >= 11 is 7.01. The van der Waals surface area contributed by atoms with Gasteiger partial charge in [-0.3, -0.25) is 0 Å². The van der Waals surface area contributed by atoms with Crippen LogP contribution < -0.4 is 4.43 Å². The van der Waals surface area contributed by atoms with Gasteiger partial charge in [-0.1, -0.05) is 73.4 Å². The van der Waals surface area contributed by atoms with E-state index < -0.39 is 8.32 Å². The van der Waals surface area contributed by atoms with Gasteiger partial charge >= 0.3 is 5.97 Å². The van der Waals surface area contributed by atoms with Crippen LogP contribution in [0.3, 0.4) is 0 Å². The SMILES string of the molecule is COC(=O)c1cc(O[Si](C(C)C)(C(C)C)C(C)C)cc(Br)c1CBr. The summed E-state index contributed by atoms with van der Waals surface area (Å²) in [5.74, 6) is 0.399. The van der Waals surface area contributed by atoms with Crippen molar-refractivity contribution in [2.45, 2.75) is 63.5 Å². The third kappa shape index (κ3) is 4.25. The van der Waals surface area contributed by atoms with E-state index >= 15 is 0 Å². The average molecular weight is 480 g/mol. The lowest BCUT2D eigenvalue weighted by Gasteiger charge is -2.42. The summed E-state index contributed by atoms with van der Waals surface area (Å²) in [6, 6.07) is 3.79. The van der Waals surface area contributed by atoms with Gasteiger partial charge in [-0.15, -0.1) is 0 Å². The topological polar surface area (TPSA) is 35.5 Å². The Balaban J connectivity index is 3.46. The molecular formula is C18H28Br2O3Si. The molecule has 136 valence electrons. The summed E-state index contributed by atoms with van der Waals surface area (Å²) < 4.78 is 12.5. The average Bonchev–Trinajstić information content (AvgIpc) is 2.50. The number of hydrogen-bond acceptors (Lipinski definition) is 3. The van der Waals surface area contributed by atoms with E-state index in [1.165, 1.54) is 7.11 Å². The van der Waals surface area contributed by atoms with Gasteiger partial charge in [0.25, 0.3) is 8.32 Å². The molecule has 0 aliphatic rings. The first kappa shape index (κ1) is 21.7. The van der Waals surface area contributed by atoms with Gasteiger partial charge in [-0.2, -0.15) is 0 Å². The molecule has 0 aliphatic heterocycles. The van der Waals surface area contributed by atoms with Crippen LogP contribution in [0, 0.1) is 0 Å². The number of ether oxygens (including phenoxy) is 1.